The van der Waals surface area contributed by atoms with Crippen LogP contribution in [0.25, 0.3) is 11.1 Å². The van der Waals surface area contributed by atoms with Gasteiger partial charge in [-0.3, -0.25) is 14.6 Å². The van der Waals surface area contributed by atoms with E-state index in [0.717, 1.165) is 48.9 Å². The lowest BCUT2D eigenvalue weighted by Crippen LogP contribution is -2.54. The van der Waals surface area contributed by atoms with Crippen molar-refractivity contribution in [3.8, 4) is 11.1 Å². The zero-order chi connectivity index (χ0) is 20.4. The fraction of sp³-hybridized carbons (Fsp3) is 0.458. The van der Waals surface area contributed by atoms with Crippen molar-refractivity contribution >= 4 is 11.8 Å². The van der Waals surface area contributed by atoms with Gasteiger partial charge in [-0.2, -0.15) is 0 Å². The van der Waals surface area contributed by atoms with E-state index in [-0.39, 0.29) is 17.7 Å². The molecular weight excluding hydrogens is 362 g/mol. The second-order valence-electron chi connectivity index (χ2n) is 8.74. The minimum Gasteiger partial charge on any atom is -0.348 e. The molecule has 5 nitrogen and oxygen atoms in total. The van der Waals surface area contributed by atoms with Crippen molar-refractivity contribution < 1.29 is 9.59 Å². The van der Waals surface area contributed by atoms with E-state index in [2.05, 4.69) is 23.2 Å². The van der Waals surface area contributed by atoms with Crippen LogP contribution in [0.2, 0.25) is 0 Å². The fourth-order valence-electron chi connectivity index (χ4n) is 4.56. The first-order valence-electron chi connectivity index (χ1n) is 10.5. The monoisotopic (exact) mass is 391 g/mol. The van der Waals surface area contributed by atoms with E-state index in [4.69, 9.17) is 0 Å². The Morgan fingerprint density at radius 3 is 2.66 bits per heavy atom. The lowest BCUT2D eigenvalue weighted by Gasteiger charge is -2.43. The van der Waals surface area contributed by atoms with Crippen LogP contribution in [0.1, 0.15) is 31.2 Å². The van der Waals surface area contributed by atoms with Crippen molar-refractivity contribution in [2.24, 2.45) is 11.3 Å². The van der Waals surface area contributed by atoms with Gasteiger partial charge in [0, 0.05) is 45.5 Å². The van der Waals surface area contributed by atoms with E-state index in [9.17, 15) is 9.59 Å². The van der Waals surface area contributed by atoms with Gasteiger partial charge in [0.15, 0.2) is 0 Å². The number of carbonyl (C=O) groups is 2. The van der Waals surface area contributed by atoms with Gasteiger partial charge in [-0.05, 0) is 54.9 Å². The van der Waals surface area contributed by atoms with Crippen LogP contribution in [0.3, 0.4) is 0 Å². The molecule has 1 atom stereocenters. The molecule has 2 amide bonds. The zero-order valence-electron chi connectivity index (χ0n) is 17.3. The average molecular weight is 392 g/mol. The van der Waals surface area contributed by atoms with Gasteiger partial charge in [0.25, 0.3) is 0 Å². The quantitative estimate of drug-likeness (QED) is 0.785. The molecule has 1 saturated heterocycles. The molecular formula is C24H29N3O2. The number of likely N-dealkylation sites (tertiary alicyclic amines) is 1. The van der Waals surface area contributed by atoms with Crippen molar-refractivity contribution in [2.75, 3.05) is 27.2 Å². The summed E-state index contributed by atoms with van der Waals surface area (Å²) in [6, 6.07) is 12.3. The first-order valence-corrected chi connectivity index (χ1v) is 10.5. The number of rotatable bonds is 5. The van der Waals surface area contributed by atoms with E-state index in [1.807, 2.05) is 43.4 Å². The molecule has 1 aliphatic heterocycles. The van der Waals surface area contributed by atoms with Crippen LogP contribution in [0.15, 0.2) is 48.8 Å². The molecule has 0 spiro atoms. The predicted octanol–water partition coefficient (Wildman–Crippen LogP) is 3.40. The standard InChI is InChI=1S/C24H29N3O2/c1-26(2)23(29)24(11-5-13-27(17-24)22(28)19-9-10-19)15-18-6-3-7-20(14-18)21-8-4-12-25-16-21/h3-4,6-8,12,14,16,19H,5,9-11,13,15,17H2,1-2H3. The third kappa shape index (κ3) is 4.19. The number of carbonyl (C=O) groups excluding carboxylic acids is 2. The summed E-state index contributed by atoms with van der Waals surface area (Å²) >= 11 is 0. The number of amides is 2. The number of piperidine rings is 1. The molecule has 2 fully saturated rings. The van der Waals surface area contributed by atoms with E-state index in [0.29, 0.717) is 13.0 Å². The molecule has 1 aromatic carbocycles. The Morgan fingerprint density at radius 1 is 1.17 bits per heavy atom. The normalized spacial score (nSPS) is 21.7. The molecule has 2 aliphatic rings. The van der Waals surface area contributed by atoms with Crippen molar-refractivity contribution in [2.45, 2.75) is 32.1 Å². The van der Waals surface area contributed by atoms with Gasteiger partial charge in [-0.15, -0.1) is 0 Å². The minimum absolute atomic E-state index is 0.123. The Hall–Kier alpha value is -2.69. The lowest BCUT2D eigenvalue weighted by molar-refractivity contribution is -0.147. The fourth-order valence-corrected chi connectivity index (χ4v) is 4.56. The van der Waals surface area contributed by atoms with Crippen LogP contribution < -0.4 is 0 Å². The Balaban J connectivity index is 1.62. The van der Waals surface area contributed by atoms with E-state index < -0.39 is 5.41 Å². The minimum atomic E-state index is -0.556. The Morgan fingerprint density at radius 2 is 1.97 bits per heavy atom. The average Bonchev–Trinajstić information content (AvgIpc) is 3.59. The number of nitrogens with zero attached hydrogens (tertiary/aromatic N) is 3. The van der Waals surface area contributed by atoms with Crippen molar-refractivity contribution in [1.29, 1.82) is 0 Å². The summed E-state index contributed by atoms with van der Waals surface area (Å²) in [6.45, 7) is 1.30. The van der Waals surface area contributed by atoms with Crippen LogP contribution in [0, 0.1) is 11.3 Å². The van der Waals surface area contributed by atoms with Gasteiger partial charge in [0.05, 0.1) is 5.41 Å². The highest BCUT2D eigenvalue weighted by atomic mass is 16.2. The first-order chi connectivity index (χ1) is 14.0. The summed E-state index contributed by atoms with van der Waals surface area (Å²) in [5, 5.41) is 0. The van der Waals surface area contributed by atoms with Gasteiger partial charge < -0.3 is 9.80 Å². The molecule has 1 unspecified atom stereocenters. The molecule has 29 heavy (non-hydrogen) atoms. The predicted molar refractivity (Wildman–Crippen MR) is 113 cm³/mol. The van der Waals surface area contributed by atoms with Crippen molar-refractivity contribution in [1.82, 2.24) is 14.8 Å². The molecule has 2 heterocycles. The highest BCUT2D eigenvalue weighted by Gasteiger charge is 2.46. The molecule has 1 aliphatic carbocycles. The third-order valence-electron chi connectivity index (χ3n) is 6.14. The summed E-state index contributed by atoms with van der Waals surface area (Å²) < 4.78 is 0. The summed E-state index contributed by atoms with van der Waals surface area (Å²) in [7, 11) is 3.63. The Labute approximate surface area is 172 Å². The number of hydrogen-bond donors (Lipinski definition) is 0. The van der Waals surface area contributed by atoms with Gasteiger partial charge >= 0.3 is 0 Å². The zero-order valence-corrected chi connectivity index (χ0v) is 17.3. The summed E-state index contributed by atoms with van der Waals surface area (Å²) in [5.41, 5.74) is 2.74. The number of hydrogen-bond acceptors (Lipinski definition) is 3. The van der Waals surface area contributed by atoms with Gasteiger partial charge in [0.2, 0.25) is 11.8 Å². The van der Waals surface area contributed by atoms with Gasteiger partial charge in [-0.25, -0.2) is 0 Å². The summed E-state index contributed by atoms with van der Waals surface area (Å²) in [5.74, 6) is 0.552. The summed E-state index contributed by atoms with van der Waals surface area (Å²) in [6.07, 6.45) is 7.96. The van der Waals surface area contributed by atoms with E-state index in [1.54, 1.807) is 11.1 Å². The second-order valence-corrected chi connectivity index (χ2v) is 8.74. The molecule has 0 radical (unpaired) electrons. The third-order valence-corrected chi connectivity index (χ3v) is 6.14. The van der Waals surface area contributed by atoms with Gasteiger partial charge in [0.1, 0.15) is 0 Å². The van der Waals surface area contributed by atoms with Crippen molar-refractivity contribution in [3.63, 3.8) is 0 Å². The molecule has 5 heteroatoms. The van der Waals surface area contributed by atoms with Crippen LogP contribution in [-0.4, -0.2) is 53.8 Å². The first kappa shape index (κ1) is 19.6. The molecule has 4 rings (SSSR count). The largest absolute Gasteiger partial charge is 0.348 e. The van der Waals surface area contributed by atoms with Gasteiger partial charge in [-0.1, -0.05) is 30.3 Å². The number of pyridine rings is 1. The molecule has 0 N–H and O–H groups in total. The highest BCUT2D eigenvalue weighted by molar-refractivity contribution is 5.86. The lowest BCUT2D eigenvalue weighted by atomic mass is 9.73. The van der Waals surface area contributed by atoms with Crippen LogP contribution in [-0.2, 0) is 16.0 Å². The van der Waals surface area contributed by atoms with Crippen LogP contribution in [0.4, 0.5) is 0 Å². The Bertz CT molecular complexity index is 892. The molecule has 152 valence electrons. The highest BCUT2D eigenvalue weighted by Crippen LogP contribution is 2.39. The van der Waals surface area contributed by atoms with Crippen LogP contribution in [0.5, 0.6) is 0 Å². The number of aromatic nitrogens is 1. The van der Waals surface area contributed by atoms with E-state index in [1.165, 1.54) is 0 Å². The SMILES string of the molecule is CN(C)C(=O)C1(Cc2cccc(-c3cccnc3)c2)CCCN(C(=O)C2CC2)C1. The smallest absolute Gasteiger partial charge is 0.230 e. The number of benzene rings is 1. The Kier molecular flexibility index (Phi) is 5.39. The van der Waals surface area contributed by atoms with Crippen LogP contribution >= 0.6 is 0 Å². The maximum Gasteiger partial charge on any atom is 0.230 e. The molecule has 1 saturated carbocycles. The second kappa shape index (κ2) is 7.97. The molecule has 0 bridgehead atoms. The molecule has 2 aromatic rings. The molecule has 1 aromatic heterocycles. The topological polar surface area (TPSA) is 53.5 Å². The maximum atomic E-state index is 13.3. The van der Waals surface area contributed by atoms with Crippen molar-refractivity contribution in [3.05, 3.63) is 54.4 Å². The maximum absolute atomic E-state index is 13.3. The van der Waals surface area contributed by atoms with E-state index >= 15 is 0 Å². The summed E-state index contributed by atoms with van der Waals surface area (Å²) in [4.78, 5) is 33.9.